The molecule has 1 fully saturated rings. The van der Waals surface area contributed by atoms with Crippen LogP contribution in [0.5, 0.6) is 0 Å². The number of carbonyl (C=O) groups excluding carboxylic acids is 1. The molecule has 0 aromatic rings. The Labute approximate surface area is 109 Å². The quantitative estimate of drug-likeness (QED) is 0.682. The number of hydrogen-bond donors (Lipinski definition) is 2. The van der Waals surface area contributed by atoms with Crippen LogP contribution in [0, 0.1) is 5.92 Å². The molecular weight excluding hydrogens is 218 g/mol. The van der Waals surface area contributed by atoms with Crippen LogP contribution >= 0.6 is 0 Å². The van der Waals surface area contributed by atoms with E-state index in [1.807, 2.05) is 6.92 Å². The second-order valence-electron chi connectivity index (χ2n) is 4.24. The van der Waals surface area contributed by atoms with Gasteiger partial charge >= 0.3 is 0 Å². The van der Waals surface area contributed by atoms with Gasteiger partial charge in [-0.3, -0.25) is 9.69 Å². The Bertz CT molecular complexity index is 362. The maximum absolute atomic E-state index is 12.0. The van der Waals surface area contributed by atoms with Gasteiger partial charge in [-0.15, -0.1) is 0 Å². The summed E-state index contributed by atoms with van der Waals surface area (Å²) in [6.45, 7) is 0.0649. The molecule has 5 heteroatoms. The molecular formula is C12H25N3O2. The zero-order chi connectivity index (χ0) is 16.3. The smallest absolute Gasteiger partial charge is 0.237 e. The Balaban J connectivity index is 2.76. The van der Waals surface area contributed by atoms with Crippen molar-refractivity contribution >= 4 is 5.91 Å². The molecule has 2 atom stereocenters. The van der Waals surface area contributed by atoms with E-state index in [1.165, 1.54) is 4.90 Å². The molecule has 0 spiro atoms. The van der Waals surface area contributed by atoms with Crippen LogP contribution in [-0.2, 0) is 9.53 Å². The van der Waals surface area contributed by atoms with E-state index in [-0.39, 0.29) is 19.0 Å². The van der Waals surface area contributed by atoms with Gasteiger partial charge in [0.25, 0.3) is 0 Å². The Morgan fingerprint density at radius 1 is 1.59 bits per heavy atom. The Morgan fingerprint density at radius 2 is 2.24 bits per heavy atom. The Hall–Kier alpha value is -0.650. The van der Waals surface area contributed by atoms with E-state index in [1.54, 1.807) is 6.92 Å². The zero-order valence-corrected chi connectivity index (χ0v) is 10.5. The molecule has 0 unspecified atom stereocenters. The highest BCUT2D eigenvalue weighted by Gasteiger charge is 2.19. The highest BCUT2D eigenvalue weighted by Crippen LogP contribution is 2.04. The summed E-state index contributed by atoms with van der Waals surface area (Å²) in [5.74, 6) is -0.776. The van der Waals surface area contributed by atoms with Crippen molar-refractivity contribution in [1.29, 1.82) is 0 Å². The van der Waals surface area contributed by atoms with Gasteiger partial charge in [0, 0.05) is 28.8 Å². The lowest BCUT2D eigenvalue weighted by Gasteiger charge is -2.27. The standard InChI is InChI=1S/C12H25N3O2/c1-3-10(2)11(13)12(16)14-4-5-15-6-8-17-9-7-15/h10-11H,3-9,13H2,1-2H3,(H,14,16)/t10-,11-/m0/s1/i4D2,5D2. The van der Waals surface area contributed by atoms with Crippen molar-refractivity contribution in [3.63, 3.8) is 0 Å². The van der Waals surface area contributed by atoms with Crippen molar-refractivity contribution in [1.82, 2.24) is 10.2 Å². The van der Waals surface area contributed by atoms with Crippen molar-refractivity contribution < 1.29 is 15.0 Å². The average Bonchev–Trinajstić information content (AvgIpc) is 2.45. The number of morpholine rings is 1. The van der Waals surface area contributed by atoms with E-state index in [4.69, 9.17) is 16.0 Å². The average molecular weight is 247 g/mol. The van der Waals surface area contributed by atoms with Crippen LogP contribution in [0.2, 0.25) is 0 Å². The van der Waals surface area contributed by atoms with E-state index in [0.717, 1.165) is 0 Å². The van der Waals surface area contributed by atoms with Gasteiger partial charge in [0.2, 0.25) is 5.91 Å². The lowest BCUT2D eigenvalue weighted by Crippen LogP contribution is -2.47. The van der Waals surface area contributed by atoms with Gasteiger partial charge in [-0.25, -0.2) is 0 Å². The fourth-order valence-corrected chi connectivity index (χ4v) is 1.44. The zero-order valence-electron chi connectivity index (χ0n) is 14.5. The van der Waals surface area contributed by atoms with Gasteiger partial charge in [-0.2, -0.15) is 0 Å². The molecule has 1 saturated heterocycles. The normalized spacial score (nSPS) is 26.1. The molecule has 0 saturated carbocycles. The number of nitrogens with zero attached hydrogens (tertiary/aromatic N) is 1. The fourth-order valence-electron chi connectivity index (χ4n) is 1.44. The third-order valence-electron chi connectivity index (χ3n) is 2.97. The van der Waals surface area contributed by atoms with Gasteiger partial charge in [0.15, 0.2) is 0 Å². The molecule has 0 aromatic carbocycles. The molecule has 1 amide bonds. The number of rotatable bonds is 6. The lowest BCUT2D eigenvalue weighted by atomic mass is 9.99. The van der Waals surface area contributed by atoms with Crippen LogP contribution in [-0.4, -0.2) is 56.1 Å². The van der Waals surface area contributed by atoms with Crippen molar-refractivity contribution in [2.45, 2.75) is 26.3 Å². The third-order valence-corrected chi connectivity index (χ3v) is 2.97. The van der Waals surface area contributed by atoms with E-state index in [9.17, 15) is 4.79 Å². The summed E-state index contributed by atoms with van der Waals surface area (Å²) in [6.07, 6.45) is 0.688. The minimum Gasteiger partial charge on any atom is -0.379 e. The summed E-state index contributed by atoms with van der Waals surface area (Å²) in [5.41, 5.74) is 5.77. The van der Waals surface area contributed by atoms with Crippen LogP contribution in [0.25, 0.3) is 0 Å². The predicted molar refractivity (Wildman–Crippen MR) is 67.7 cm³/mol. The molecule has 0 radical (unpaired) electrons. The SMILES string of the molecule is [2H]C([2H])(NC(=O)[C@@H](N)[C@@H](C)CC)C([2H])([2H])N1CCOCC1. The van der Waals surface area contributed by atoms with Crippen molar-refractivity contribution in [3.05, 3.63) is 0 Å². The molecule has 0 bridgehead atoms. The molecule has 1 heterocycles. The van der Waals surface area contributed by atoms with Gasteiger partial charge in [0.05, 0.1) is 22.0 Å². The molecule has 0 aromatic heterocycles. The van der Waals surface area contributed by atoms with E-state index >= 15 is 0 Å². The second-order valence-corrected chi connectivity index (χ2v) is 4.24. The van der Waals surface area contributed by atoms with Gasteiger partial charge in [0.1, 0.15) is 0 Å². The third kappa shape index (κ3) is 5.02. The maximum Gasteiger partial charge on any atom is 0.237 e. The first kappa shape index (κ1) is 9.30. The number of nitrogens with two attached hydrogens (primary N) is 1. The number of carbonyl (C=O) groups is 1. The van der Waals surface area contributed by atoms with Crippen LogP contribution in [0.1, 0.15) is 25.8 Å². The largest absolute Gasteiger partial charge is 0.379 e. The minimum atomic E-state index is -2.54. The number of ether oxygens (including phenoxy) is 1. The fraction of sp³-hybridized carbons (Fsp3) is 0.917. The Kier molecular flexibility index (Phi) is 4.18. The molecule has 1 rings (SSSR count). The highest BCUT2D eigenvalue weighted by molar-refractivity contribution is 5.81. The first-order valence-electron chi connectivity index (χ1n) is 8.04. The van der Waals surface area contributed by atoms with E-state index < -0.39 is 24.9 Å². The van der Waals surface area contributed by atoms with Crippen LogP contribution in [0.4, 0.5) is 0 Å². The van der Waals surface area contributed by atoms with Crippen molar-refractivity contribution in [2.24, 2.45) is 11.7 Å². The second kappa shape index (κ2) is 7.63. The molecule has 1 aliphatic rings. The van der Waals surface area contributed by atoms with Gasteiger partial charge in [-0.05, 0) is 5.92 Å². The van der Waals surface area contributed by atoms with Crippen LogP contribution < -0.4 is 11.1 Å². The molecule has 5 nitrogen and oxygen atoms in total. The topological polar surface area (TPSA) is 67.6 Å². The first-order chi connectivity index (χ1) is 9.63. The summed E-state index contributed by atoms with van der Waals surface area (Å²) in [6, 6.07) is -0.856. The minimum absolute atomic E-state index is 0.102. The molecule has 1 aliphatic heterocycles. The van der Waals surface area contributed by atoms with Crippen LogP contribution in [0.15, 0.2) is 0 Å². The van der Waals surface area contributed by atoms with E-state index in [2.05, 4.69) is 5.32 Å². The molecule has 3 N–H and O–H groups in total. The number of nitrogens with one attached hydrogen (secondary N) is 1. The summed E-state index contributed by atoms with van der Waals surface area (Å²) in [5, 5.41) is 2.12. The highest BCUT2D eigenvalue weighted by atomic mass is 16.5. The number of hydrogen-bond acceptors (Lipinski definition) is 4. The first-order valence-corrected chi connectivity index (χ1v) is 6.04. The molecule has 0 aliphatic carbocycles. The van der Waals surface area contributed by atoms with Crippen LogP contribution in [0.3, 0.4) is 0 Å². The predicted octanol–water partition coefficient (Wildman–Crippen LogP) is -0.192. The summed E-state index contributed by atoms with van der Waals surface area (Å²) >= 11 is 0. The monoisotopic (exact) mass is 247 g/mol. The molecule has 100 valence electrons. The van der Waals surface area contributed by atoms with E-state index in [0.29, 0.717) is 19.6 Å². The van der Waals surface area contributed by atoms with Crippen molar-refractivity contribution in [3.8, 4) is 0 Å². The number of amides is 1. The maximum atomic E-state index is 12.0. The summed E-state index contributed by atoms with van der Waals surface area (Å²) in [4.78, 5) is 13.3. The van der Waals surface area contributed by atoms with Crippen molar-refractivity contribution in [2.75, 3.05) is 39.3 Å². The van der Waals surface area contributed by atoms with Gasteiger partial charge in [-0.1, -0.05) is 20.3 Å². The summed E-state index contributed by atoms with van der Waals surface area (Å²) < 4.78 is 37.0. The lowest BCUT2D eigenvalue weighted by molar-refractivity contribution is -0.123. The summed E-state index contributed by atoms with van der Waals surface area (Å²) in [7, 11) is 0. The molecule has 17 heavy (non-hydrogen) atoms. The van der Waals surface area contributed by atoms with Gasteiger partial charge < -0.3 is 15.8 Å². The Morgan fingerprint density at radius 3 is 2.82 bits per heavy atom.